The smallest absolute Gasteiger partial charge is 0.271 e. The maximum Gasteiger partial charge on any atom is 0.271 e. The quantitative estimate of drug-likeness (QED) is 0.470. The van der Waals surface area contributed by atoms with Crippen LogP contribution < -0.4 is 24.4 Å². The predicted octanol–water partition coefficient (Wildman–Crippen LogP) is 2.32. The molecule has 2 aromatic rings. The Morgan fingerprint density at radius 3 is 2.25 bits per heavy atom. The Bertz CT molecular complexity index is 932. The van der Waals surface area contributed by atoms with Gasteiger partial charge in [-0.2, -0.15) is 5.10 Å². The van der Waals surface area contributed by atoms with Gasteiger partial charge in [-0.25, -0.2) is 5.43 Å². The first-order chi connectivity index (χ1) is 15.6. The highest BCUT2D eigenvalue weighted by molar-refractivity contribution is 5.96. The lowest BCUT2D eigenvalue weighted by Gasteiger charge is -2.27. The van der Waals surface area contributed by atoms with Gasteiger partial charge in [0.15, 0.2) is 11.5 Å². The number of hydrogen-bond donors (Lipinski definition) is 1. The molecule has 0 saturated carbocycles. The number of methoxy groups -OCH3 is 4. The zero-order valence-corrected chi connectivity index (χ0v) is 18.8. The topological polar surface area (TPSA) is 90.9 Å². The number of morpholine rings is 1. The molecule has 1 amide bonds. The van der Waals surface area contributed by atoms with E-state index in [9.17, 15) is 4.79 Å². The minimum absolute atomic E-state index is 0.333. The van der Waals surface area contributed by atoms with Crippen LogP contribution in [0.4, 0.5) is 0 Å². The molecule has 3 rings (SSSR count). The van der Waals surface area contributed by atoms with Crippen molar-refractivity contribution >= 4 is 12.1 Å². The highest BCUT2D eigenvalue weighted by atomic mass is 16.5. The van der Waals surface area contributed by atoms with Crippen LogP contribution in [-0.2, 0) is 11.3 Å². The van der Waals surface area contributed by atoms with Crippen molar-refractivity contribution in [1.82, 2.24) is 10.3 Å². The van der Waals surface area contributed by atoms with Gasteiger partial charge < -0.3 is 23.7 Å². The molecule has 0 radical (unpaired) electrons. The third-order valence-electron chi connectivity index (χ3n) is 5.11. The van der Waals surface area contributed by atoms with E-state index in [0.29, 0.717) is 22.8 Å². The summed E-state index contributed by atoms with van der Waals surface area (Å²) in [6.07, 6.45) is 1.60. The van der Waals surface area contributed by atoms with Crippen molar-refractivity contribution in [2.45, 2.75) is 6.54 Å². The van der Waals surface area contributed by atoms with E-state index in [4.69, 9.17) is 23.7 Å². The first-order valence-corrected chi connectivity index (χ1v) is 10.2. The van der Waals surface area contributed by atoms with E-state index in [-0.39, 0.29) is 0 Å². The Labute approximate surface area is 187 Å². The fourth-order valence-electron chi connectivity index (χ4n) is 3.44. The van der Waals surface area contributed by atoms with E-state index < -0.39 is 5.91 Å². The van der Waals surface area contributed by atoms with Crippen LogP contribution >= 0.6 is 0 Å². The van der Waals surface area contributed by atoms with Gasteiger partial charge in [-0.15, -0.1) is 0 Å². The molecule has 2 aromatic carbocycles. The molecule has 9 nitrogen and oxygen atoms in total. The molecule has 0 atom stereocenters. The molecule has 0 aliphatic carbocycles. The Balaban J connectivity index is 1.71. The molecular formula is C23H29N3O6. The number of rotatable bonds is 9. The highest BCUT2D eigenvalue weighted by Crippen LogP contribution is 2.38. The van der Waals surface area contributed by atoms with Crippen LogP contribution in [0.5, 0.6) is 23.0 Å². The third-order valence-corrected chi connectivity index (χ3v) is 5.11. The van der Waals surface area contributed by atoms with Crippen LogP contribution in [0.2, 0.25) is 0 Å². The van der Waals surface area contributed by atoms with E-state index in [1.807, 2.05) is 18.2 Å². The van der Waals surface area contributed by atoms with Crippen molar-refractivity contribution in [1.29, 1.82) is 0 Å². The normalized spacial score (nSPS) is 14.2. The summed E-state index contributed by atoms with van der Waals surface area (Å²) < 4.78 is 26.8. The molecule has 1 aliphatic heterocycles. The van der Waals surface area contributed by atoms with Gasteiger partial charge in [0, 0.05) is 30.8 Å². The fourth-order valence-corrected chi connectivity index (χ4v) is 3.44. The van der Waals surface area contributed by atoms with Crippen LogP contribution in [0.15, 0.2) is 35.4 Å². The molecule has 1 aliphatic rings. The Morgan fingerprint density at radius 2 is 1.66 bits per heavy atom. The first-order valence-electron chi connectivity index (χ1n) is 10.2. The lowest BCUT2D eigenvalue weighted by molar-refractivity contribution is 0.0339. The Morgan fingerprint density at radius 1 is 1.00 bits per heavy atom. The van der Waals surface area contributed by atoms with Crippen molar-refractivity contribution in [3.63, 3.8) is 0 Å². The highest BCUT2D eigenvalue weighted by Gasteiger charge is 2.17. The van der Waals surface area contributed by atoms with Gasteiger partial charge in [0.1, 0.15) is 5.75 Å². The number of hydrazone groups is 1. The zero-order valence-electron chi connectivity index (χ0n) is 18.8. The number of hydrogen-bond acceptors (Lipinski definition) is 8. The average Bonchev–Trinajstić information content (AvgIpc) is 2.83. The second kappa shape index (κ2) is 11.4. The first kappa shape index (κ1) is 23.4. The summed E-state index contributed by atoms with van der Waals surface area (Å²) in [6.45, 7) is 3.98. The second-order valence-corrected chi connectivity index (χ2v) is 7.07. The van der Waals surface area contributed by atoms with Crippen molar-refractivity contribution in [3.05, 3.63) is 47.0 Å². The number of benzene rings is 2. The molecule has 9 heteroatoms. The minimum atomic E-state index is -0.400. The summed E-state index contributed by atoms with van der Waals surface area (Å²) in [5.41, 5.74) is 4.77. The zero-order chi connectivity index (χ0) is 22.9. The molecule has 1 N–H and O–H groups in total. The molecule has 0 aromatic heterocycles. The number of carbonyl (C=O) groups excluding carboxylic acids is 1. The summed E-state index contributed by atoms with van der Waals surface area (Å²) in [5.74, 6) is 1.62. The fraction of sp³-hybridized carbons (Fsp3) is 0.391. The van der Waals surface area contributed by atoms with Crippen LogP contribution in [-0.4, -0.2) is 71.8 Å². The van der Waals surface area contributed by atoms with Gasteiger partial charge in [-0.1, -0.05) is 0 Å². The van der Waals surface area contributed by atoms with Gasteiger partial charge in [0.25, 0.3) is 5.91 Å². The molecule has 0 spiro atoms. The van der Waals surface area contributed by atoms with E-state index in [1.54, 1.807) is 25.5 Å². The summed E-state index contributed by atoms with van der Waals surface area (Å²) in [7, 11) is 6.15. The largest absolute Gasteiger partial charge is 0.496 e. The molecule has 1 saturated heterocycles. The lowest BCUT2D eigenvalue weighted by Crippen LogP contribution is -2.35. The number of amides is 1. The number of ether oxygens (including phenoxy) is 5. The van der Waals surface area contributed by atoms with Crippen LogP contribution in [0, 0.1) is 0 Å². The maximum absolute atomic E-state index is 12.6. The van der Waals surface area contributed by atoms with Crippen LogP contribution in [0.3, 0.4) is 0 Å². The summed E-state index contributed by atoms with van der Waals surface area (Å²) in [4.78, 5) is 14.9. The van der Waals surface area contributed by atoms with Crippen molar-refractivity contribution in [2.24, 2.45) is 5.10 Å². The van der Waals surface area contributed by atoms with Gasteiger partial charge in [-0.05, 0) is 35.9 Å². The number of nitrogens with one attached hydrogen (secondary N) is 1. The van der Waals surface area contributed by atoms with E-state index in [2.05, 4.69) is 15.4 Å². The summed E-state index contributed by atoms with van der Waals surface area (Å²) >= 11 is 0. The molecule has 172 valence electrons. The van der Waals surface area contributed by atoms with Crippen molar-refractivity contribution in [2.75, 3.05) is 54.7 Å². The third kappa shape index (κ3) is 5.68. The molecule has 0 unspecified atom stereocenters. The van der Waals surface area contributed by atoms with Gasteiger partial charge >= 0.3 is 0 Å². The summed E-state index contributed by atoms with van der Waals surface area (Å²) in [5, 5.41) is 4.10. The van der Waals surface area contributed by atoms with Crippen molar-refractivity contribution in [3.8, 4) is 23.0 Å². The SMILES string of the molecule is COc1ccc(/C=N/NC(=O)c2cc(OC)c(OC)c(OC)c2)cc1CN1CCOCC1. The standard InChI is InChI=1S/C23H29N3O6/c1-28-19-6-5-16(11-18(19)15-26-7-9-32-10-8-26)14-24-25-23(27)17-12-20(29-2)22(31-4)21(13-17)30-3/h5-6,11-14H,7-10,15H2,1-4H3,(H,25,27)/b24-14+. The lowest BCUT2D eigenvalue weighted by atomic mass is 10.1. The number of carbonyl (C=O) groups is 1. The predicted molar refractivity (Wildman–Crippen MR) is 120 cm³/mol. The van der Waals surface area contributed by atoms with Crippen LogP contribution in [0.1, 0.15) is 21.5 Å². The minimum Gasteiger partial charge on any atom is -0.496 e. The molecule has 1 fully saturated rings. The number of nitrogens with zero attached hydrogens (tertiary/aromatic N) is 2. The molecular weight excluding hydrogens is 414 g/mol. The van der Waals surface area contributed by atoms with Gasteiger partial charge in [0.2, 0.25) is 5.75 Å². The molecule has 1 heterocycles. The Kier molecular flexibility index (Phi) is 8.29. The van der Waals surface area contributed by atoms with Crippen LogP contribution in [0.25, 0.3) is 0 Å². The molecule has 32 heavy (non-hydrogen) atoms. The average molecular weight is 444 g/mol. The van der Waals surface area contributed by atoms with E-state index in [1.165, 1.54) is 21.3 Å². The summed E-state index contributed by atoms with van der Waals surface area (Å²) in [6, 6.07) is 8.93. The van der Waals surface area contributed by atoms with Gasteiger partial charge in [0.05, 0.1) is 47.9 Å². The maximum atomic E-state index is 12.6. The van der Waals surface area contributed by atoms with E-state index >= 15 is 0 Å². The molecule has 0 bridgehead atoms. The van der Waals surface area contributed by atoms with Gasteiger partial charge in [-0.3, -0.25) is 9.69 Å². The second-order valence-electron chi connectivity index (χ2n) is 7.07. The van der Waals surface area contributed by atoms with Crippen molar-refractivity contribution < 1.29 is 28.5 Å². The Hall–Kier alpha value is -3.30. The van der Waals surface area contributed by atoms with E-state index in [0.717, 1.165) is 49.7 Å². The monoisotopic (exact) mass is 443 g/mol.